The quantitative estimate of drug-likeness (QED) is 0.755. The zero-order chi connectivity index (χ0) is 17.9. The summed E-state index contributed by atoms with van der Waals surface area (Å²) in [5.41, 5.74) is 0.745. The average Bonchev–Trinajstić information content (AvgIpc) is 2.45. The Morgan fingerprint density at radius 1 is 1.08 bits per heavy atom. The van der Waals surface area contributed by atoms with E-state index in [0.717, 1.165) is 12.1 Å². The number of rotatable bonds is 4. The van der Waals surface area contributed by atoms with Gasteiger partial charge in [0, 0.05) is 11.4 Å². The molecule has 0 spiro atoms. The number of nitrogens with zero attached hydrogens (tertiary/aromatic N) is 2. The number of carboxylic acids is 1. The van der Waals surface area contributed by atoms with Gasteiger partial charge in [0.05, 0.1) is 5.56 Å². The fraction of sp³-hybridized carbons (Fsp3) is 0.143. The standard InChI is InChI=1S/C14H14N4O5S/c1-8-7-9(2)16-13(15-8)17-14(21)18-24(22,23)11-6-4-3-5-10(11)12(19)20/h3-7H,1-2H3,(H,19,20)(H2,15,16,17,18,21). The molecule has 1 heterocycles. The molecule has 0 radical (unpaired) electrons. The van der Waals surface area contributed by atoms with Crippen molar-refractivity contribution in [1.82, 2.24) is 14.7 Å². The Labute approximate surface area is 137 Å². The van der Waals surface area contributed by atoms with Gasteiger partial charge in [-0.1, -0.05) is 12.1 Å². The highest BCUT2D eigenvalue weighted by Crippen LogP contribution is 2.15. The predicted octanol–water partition coefficient (Wildman–Crippen LogP) is 1.30. The van der Waals surface area contributed by atoms with Gasteiger partial charge < -0.3 is 5.11 Å². The van der Waals surface area contributed by atoms with Gasteiger partial charge in [0.15, 0.2) is 0 Å². The second-order valence-electron chi connectivity index (χ2n) is 4.84. The second-order valence-corrected chi connectivity index (χ2v) is 6.49. The number of urea groups is 1. The fourth-order valence-corrected chi connectivity index (χ4v) is 3.07. The number of sulfonamides is 1. The highest BCUT2D eigenvalue weighted by molar-refractivity contribution is 7.90. The van der Waals surface area contributed by atoms with E-state index in [1.54, 1.807) is 24.6 Å². The van der Waals surface area contributed by atoms with E-state index in [2.05, 4.69) is 15.3 Å². The summed E-state index contributed by atoms with van der Waals surface area (Å²) in [4.78, 5) is 30.4. The van der Waals surface area contributed by atoms with Crippen molar-refractivity contribution in [2.75, 3.05) is 5.32 Å². The van der Waals surface area contributed by atoms with Crippen LogP contribution in [-0.4, -0.2) is 35.5 Å². The van der Waals surface area contributed by atoms with Gasteiger partial charge >= 0.3 is 12.0 Å². The van der Waals surface area contributed by atoms with Crippen LogP contribution < -0.4 is 10.0 Å². The van der Waals surface area contributed by atoms with Crippen LogP contribution >= 0.6 is 0 Å². The minimum Gasteiger partial charge on any atom is -0.478 e. The minimum absolute atomic E-state index is 0.0632. The lowest BCUT2D eigenvalue weighted by Crippen LogP contribution is -2.35. The SMILES string of the molecule is Cc1cc(C)nc(NC(=O)NS(=O)(=O)c2ccccc2C(=O)O)n1. The molecule has 0 aliphatic carbocycles. The number of nitrogens with one attached hydrogen (secondary N) is 2. The molecule has 0 atom stereocenters. The van der Waals surface area contributed by atoms with Crippen molar-refractivity contribution in [2.45, 2.75) is 18.7 Å². The maximum Gasteiger partial charge on any atom is 0.337 e. The Hall–Kier alpha value is -3.01. The molecule has 2 amide bonds. The Kier molecular flexibility index (Phi) is 4.79. The molecule has 0 aliphatic rings. The zero-order valence-electron chi connectivity index (χ0n) is 12.8. The van der Waals surface area contributed by atoms with Crippen LogP contribution in [0.1, 0.15) is 21.7 Å². The number of hydrogen-bond acceptors (Lipinski definition) is 6. The summed E-state index contributed by atoms with van der Waals surface area (Å²) in [6.45, 7) is 3.38. The van der Waals surface area contributed by atoms with Crippen molar-refractivity contribution < 1.29 is 23.1 Å². The summed E-state index contributed by atoms with van der Waals surface area (Å²) in [6, 6.07) is 5.54. The smallest absolute Gasteiger partial charge is 0.337 e. The first-order valence-corrected chi connectivity index (χ1v) is 8.16. The van der Waals surface area contributed by atoms with Gasteiger partial charge in [-0.05, 0) is 32.0 Å². The molecule has 1 aromatic carbocycles. The fourth-order valence-electron chi connectivity index (χ4n) is 1.96. The monoisotopic (exact) mass is 350 g/mol. The summed E-state index contributed by atoms with van der Waals surface area (Å²) in [5, 5.41) is 11.2. The third-order valence-corrected chi connectivity index (χ3v) is 4.23. The lowest BCUT2D eigenvalue weighted by Gasteiger charge is -2.10. The van der Waals surface area contributed by atoms with Crippen molar-refractivity contribution in [1.29, 1.82) is 0 Å². The largest absolute Gasteiger partial charge is 0.478 e. The number of aromatic carboxylic acids is 1. The van der Waals surface area contributed by atoms with Crippen LogP contribution in [0.25, 0.3) is 0 Å². The van der Waals surface area contributed by atoms with Gasteiger partial charge in [0.2, 0.25) is 5.95 Å². The first-order chi connectivity index (χ1) is 11.2. The van der Waals surface area contributed by atoms with Crippen molar-refractivity contribution in [3.05, 3.63) is 47.3 Å². The summed E-state index contributed by atoms with van der Waals surface area (Å²) in [5.74, 6) is -1.49. The van der Waals surface area contributed by atoms with Crippen LogP contribution in [0.3, 0.4) is 0 Å². The van der Waals surface area contributed by atoms with E-state index in [0.29, 0.717) is 11.4 Å². The molecular weight excluding hydrogens is 336 g/mol. The molecule has 9 nitrogen and oxygen atoms in total. The molecule has 126 valence electrons. The van der Waals surface area contributed by atoms with Crippen molar-refractivity contribution in [3.8, 4) is 0 Å². The van der Waals surface area contributed by atoms with E-state index < -0.39 is 32.5 Å². The van der Waals surface area contributed by atoms with Gasteiger partial charge in [0.1, 0.15) is 4.90 Å². The van der Waals surface area contributed by atoms with Gasteiger partial charge in [-0.25, -0.2) is 32.7 Å². The van der Waals surface area contributed by atoms with Crippen LogP contribution in [0.15, 0.2) is 35.2 Å². The molecule has 0 saturated carbocycles. The van der Waals surface area contributed by atoms with E-state index in [-0.39, 0.29) is 5.95 Å². The lowest BCUT2D eigenvalue weighted by molar-refractivity contribution is 0.0692. The Morgan fingerprint density at radius 2 is 1.67 bits per heavy atom. The summed E-state index contributed by atoms with van der Waals surface area (Å²) < 4.78 is 26.2. The molecule has 0 aliphatic heterocycles. The third-order valence-electron chi connectivity index (χ3n) is 2.84. The Balaban J connectivity index is 2.23. The number of amides is 2. The number of hydrogen-bond donors (Lipinski definition) is 3. The number of aryl methyl sites for hydroxylation is 2. The summed E-state index contributed by atoms with van der Waals surface area (Å²) in [6.07, 6.45) is 0. The molecule has 0 fully saturated rings. The Bertz CT molecular complexity index is 891. The van der Waals surface area contributed by atoms with E-state index >= 15 is 0 Å². The maximum atomic E-state index is 12.2. The van der Waals surface area contributed by atoms with E-state index in [4.69, 9.17) is 5.11 Å². The number of carboxylic acid groups (broad SMARTS) is 1. The molecule has 24 heavy (non-hydrogen) atoms. The number of aromatic nitrogens is 2. The minimum atomic E-state index is -4.37. The maximum absolute atomic E-state index is 12.2. The normalized spacial score (nSPS) is 10.9. The van der Waals surface area contributed by atoms with Crippen molar-refractivity contribution in [3.63, 3.8) is 0 Å². The number of benzene rings is 1. The second kappa shape index (κ2) is 6.62. The molecular formula is C14H14N4O5S. The molecule has 0 unspecified atom stereocenters. The van der Waals surface area contributed by atoms with E-state index in [1.807, 2.05) is 0 Å². The third kappa shape index (κ3) is 4.04. The lowest BCUT2D eigenvalue weighted by atomic mass is 10.2. The topological polar surface area (TPSA) is 138 Å². The van der Waals surface area contributed by atoms with Crippen LogP contribution in [-0.2, 0) is 10.0 Å². The molecule has 0 saturated heterocycles. The number of carbonyl (C=O) groups excluding carboxylic acids is 1. The van der Waals surface area contributed by atoms with E-state index in [9.17, 15) is 18.0 Å². The molecule has 0 bridgehead atoms. The highest BCUT2D eigenvalue weighted by Gasteiger charge is 2.24. The van der Waals surface area contributed by atoms with Crippen LogP contribution in [0.5, 0.6) is 0 Å². The van der Waals surface area contributed by atoms with Crippen LogP contribution in [0.2, 0.25) is 0 Å². The predicted molar refractivity (Wildman–Crippen MR) is 84.2 cm³/mol. The molecule has 2 aromatic rings. The van der Waals surface area contributed by atoms with Crippen molar-refractivity contribution in [2.24, 2.45) is 0 Å². The van der Waals surface area contributed by atoms with Crippen LogP contribution in [0, 0.1) is 13.8 Å². The number of anilines is 1. The average molecular weight is 350 g/mol. The Morgan fingerprint density at radius 3 is 2.25 bits per heavy atom. The van der Waals surface area contributed by atoms with Gasteiger partial charge in [-0.15, -0.1) is 0 Å². The van der Waals surface area contributed by atoms with Gasteiger partial charge in [-0.3, -0.25) is 5.32 Å². The first kappa shape index (κ1) is 17.3. The van der Waals surface area contributed by atoms with Gasteiger partial charge in [-0.2, -0.15) is 0 Å². The first-order valence-electron chi connectivity index (χ1n) is 6.67. The highest BCUT2D eigenvalue weighted by atomic mass is 32.2. The zero-order valence-corrected chi connectivity index (χ0v) is 13.6. The van der Waals surface area contributed by atoms with Crippen molar-refractivity contribution >= 4 is 28.0 Å². The summed E-state index contributed by atoms with van der Waals surface area (Å²) in [7, 11) is -4.37. The van der Waals surface area contributed by atoms with Gasteiger partial charge in [0.25, 0.3) is 10.0 Å². The van der Waals surface area contributed by atoms with E-state index in [1.165, 1.54) is 12.1 Å². The van der Waals surface area contributed by atoms with Crippen LogP contribution in [0.4, 0.5) is 10.7 Å². The molecule has 10 heteroatoms. The summed E-state index contributed by atoms with van der Waals surface area (Å²) >= 11 is 0. The molecule has 3 N–H and O–H groups in total. The molecule has 2 rings (SSSR count). The molecule has 1 aromatic heterocycles. The number of carbonyl (C=O) groups is 2.